The lowest BCUT2D eigenvalue weighted by Crippen LogP contribution is -2.50. The minimum absolute atomic E-state index is 0.190. The van der Waals surface area contributed by atoms with E-state index in [9.17, 15) is 9.59 Å². The van der Waals surface area contributed by atoms with Crippen LogP contribution in [0.2, 0.25) is 0 Å². The topological polar surface area (TPSA) is 77.6 Å². The summed E-state index contributed by atoms with van der Waals surface area (Å²) in [6, 6.07) is 20.5. The van der Waals surface area contributed by atoms with Gasteiger partial charge in [-0.1, -0.05) is 42.5 Å². The van der Waals surface area contributed by atoms with Crippen LogP contribution in [0.1, 0.15) is 24.3 Å². The van der Waals surface area contributed by atoms with Crippen molar-refractivity contribution in [2.75, 3.05) is 18.1 Å². The molecule has 0 N–H and O–H groups in total. The van der Waals surface area contributed by atoms with Gasteiger partial charge in [-0.2, -0.15) is 0 Å². The van der Waals surface area contributed by atoms with E-state index >= 15 is 0 Å². The SMILES string of the molecule is CCOC(=O)[C@H]1C(=O)N(CCc2ccccc2)c2nc3ccccc3n2[C@H]1c1ccco1. The molecule has 0 unspecified atom stereocenters. The predicted octanol–water partition coefficient (Wildman–Crippen LogP) is 3.99. The molecule has 0 saturated heterocycles. The van der Waals surface area contributed by atoms with E-state index in [0.717, 1.165) is 16.6 Å². The van der Waals surface area contributed by atoms with Crippen LogP contribution >= 0.6 is 0 Å². The van der Waals surface area contributed by atoms with E-state index in [4.69, 9.17) is 14.1 Å². The van der Waals surface area contributed by atoms with Crippen molar-refractivity contribution in [2.24, 2.45) is 5.92 Å². The Balaban J connectivity index is 1.66. The van der Waals surface area contributed by atoms with Gasteiger partial charge in [-0.3, -0.25) is 19.1 Å². The van der Waals surface area contributed by atoms with Crippen LogP contribution in [0, 0.1) is 5.92 Å². The fourth-order valence-corrected chi connectivity index (χ4v) is 4.36. The number of hydrogen-bond acceptors (Lipinski definition) is 5. The van der Waals surface area contributed by atoms with Gasteiger partial charge >= 0.3 is 5.97 Å². The van der Waals surface area contributed by atoms with E-state index in [1.54, 1.807) is 30.2 Å². The van der Waals surface area contributed by atoms with Crippen LogP contribution in [0.3, 0.4) is 0 Å². The number of amides is 1. The van der Waals surface area contributed by atoms with E-state index in [2.05, 4.69) is 0 Å². The van der Waals surface area contributed by atoms with E-state index in [1.165, 1.54) is 0 Å². The first-order valence-electron chi connectivity index (χ1n) is 10.7. The van der Waals surface area contributed by atoms with Crippen LogP contribution < -0.4 is 4.90 Å². The van der Waals surface area contributed by atoms with Gasteiger partial charge in [0.15, 0.2) is 5.92 Å². The number of furan rings is 1. The molecule has 0 spiro atoms. The second-order valence-electron chi connectivity index (χ2n) is 7.69. The van der Waals surface area contributed by atoms with E-state index in [1.807, 2.05) is 59.2 Å². The number of esters is 1. The summed E-state index contributed by atoms with van der Waals surface area (Å²) in [4.78, 5) is 33.2. The quantitative estimate of drug-likeness (QED) is 0.342. The normalized spacial score (nSPS) is 18.0. The molecule has 0 fully saturated rings. The van der Waals surface area contributed by atoms with Gasteiger partial charge in [0, 0.05) is 6.54 Å². The van der Waals surface area contributed by atoms with Gasteiger partial charge < -0.3 is 9.15 Å². The first-order chi connectivity index (χ1) is 15.7. The molecule has 0 bridgehead atoms. The second-order valence-corrected chi connectivity index (χ2v) is 7.69. The number of aromatic nitrogens is 2. The van der Waals surface area contributed by atoms with Crippen molar-refractivity contribution in [1.82, 2.24) is 9.55 Å². The highest BCUT2D eigenvalue weighted by molar-refractivity contribution is 6.08. The largest absolute Gasteiger partial charge is 0.467 e. The third-order valence-corrected chi connectivity index (χ3v) is 5.79. The number of hydrogen-bond donors (Lipinski definition) is 0. The number of carbonyl (C=O) groups is 2. The molecule has 1 aliphatic heterocycles. The maximum absolute atomic E-state index is 13.7. The van der Waals surface area contributed by atoms with Crippen LogP contribution in [0.4, 0.5) is 5.95 Å². The van der Waals surface area contributed by atoms with E-state index in [-0.39, 0.29) is 12.5 Å². The highest BCUT2D eigenvalue weighted by Gasteiger charge is 2.48. The summed E-state index contributed by atoms with van der Waals surface area (Å²) < 4.78 is 13.0. The van der Waals surface area contributed by atoms with E-state index in [0.29, 0.717) is 24.7 Å². The summed E-state index contributed by atoms with van der Waals surface area (Å²) in [5, 5.41) is 0. The first-order valence-corrected chi connectivity index (χ1v) is 10.7. The minimum Gasteiger partial charge on any atom is -0.467 e. The van der Waals surface area contributed by atoms with Crippen LogP contribution in [0.25, 0.3) is 11.0 Å². The van der Waals surface area contributed by atoms with Crippen LogP contribution in [-0.2, 0) is 20.7 Å². The predicted molar refractivity (Wildman–Crippen MR) is 119 cm³/mol. The molecule has 32 heavy (non-hydrogen) atoms. The molecule has 0 saturated carbocycles. The molecule has 7 nitrogen and oxygen atoms in total. The van der Waals surface area contributed by atoms with Crippen LogP contribution in [0.15, 0.2) is 77.4 Å². The second kappa shape index (κ2) is 8.34. The highest BCUT2D eigenvalue weighted by Crippen LogP contribution is 2.41. The minimum atomic E-state index is -1.07. The zero-order chi connectivity index (χ0) is 22.1. The number of imidazole rings is 1. The lowest BCUT2D eigenvalue weighted by atomic mass is 9.93. The molecular weight excluding hydrogens is 406 g/mol. The molecule has 7 heteroatoms. The molecule has 2 aromatic heterocycles. The van der Waals surface area contributed by atoms with Crippen molar-refractivity contribution in [3.63, 3.8) is 0 Å². The zero-order valence-corrected chi connectivity index (χ0v) is 17.7. The Kier molecular flexibility index (Phi) is 5.23. The summed E-state index contributed by atoms with van der Waals surface area (Å²) in [6.07, 6.45) is 2.18. The lowest BCUT2D eigenvalue weighted by Gasteiger charge is -2.36. The van der Waals surface area contributed by atoms with Crippen LogP contribution in [0.5, 0.6) is 0 Å². The van der Waals surface area contributed by atoms with Gasteiger partial charge in [0.05, 0.1) is 23.9 Å². The average Bonchev–Trinajstić information content (AvgIpc) is 3.47. The Hall–Kier alpha value is -3.87. The molecule has 4 aromatic rings. The number of para-hydroxylation sites is 2. The monoisotopic (exact) mass is 429 g/mol. The maximum Gasteiger partial charge on any atom is 0.321 e. The number of fused-ring (bicyclic) bond motifs is 3. The number of anilines is 1. The molecule has 3 heterocycles. The molecule has 5 rings (SSSR count). The zero-order valence-electron chi connectivity index (χ0n) is 17.7. The van der Waals surface area contributed by atoms with Gasteiger partial charge in [0.2, 0.25) is 11.9 Å². The third-order valence-electron chi connectivity index (χ3n) is 5.79. The van der Waals surface area contributed by atoms with Crippen molar-refractivity contribution >= 4 is 28.9 Å². The van der Waals surface area contributed by atoms with E-state index < -0.39 is 17.9 Å². The molecular formula is C25H23N3O4. The number of ether oxygens (including phenoxy) is 1. The molecule has 1 aliphatic rings. The number of rotatable bonds is 6. The van der Waals surface area contributed by atoms with Crippen LogP contribution in [-0.4, -0.2) is 34.6 Å². The van der Waals surface area contributed by atoms with Gasteiger partial charge in [-0.05, 0) is 43.2 Å². The summed E-state index contributed by atoms with van der Waals surface area (Å²) in [5.74, 6) is -0.935. The molecule has 0 aliphatic carbocycles. The standard InChI is InChI=1S/C25H23N3O4/c1-2-31-24(30)21-22(20-13-8-16-32-20)28-19-12-7-6-11-18(19)26-25(28)27(23(21)29)15-14-17-9-4-3-5-10-17/h3-13,16,21-22H,2,14-15H2,1H3/t21-,22+/m1/s1. The van der Waals surface area contributed by atoms with Crippen molar-refractivity contribution < 1.29 is 18.7 Å². The summed E-state index contributed by atoms with van der Waals surface area (Å²) in [6.45, 7) is 2.32. The Morgan fingerprint density at radius 3 is 2.59 bits per heavy atom. The lowest BCUT2D eigenvalue weighted by molar-refractivity contribution is -0.153. The molecule has 2 aromatic carbocycles. The van der Waals surface area contributed by atoms with Crippen molar-refractivity contribution in [1.29, 1.82) is 0 Å². The summed E-state index contributed by atoms with van der Waals surface area (Å²) in [5.41, 5.74) is 2.68. The average molecular weight is 429 g/mol. The maximum atomic E-state index is 13.7. The third kappa shape index (κ3) is 3.36. The first kappa shape index (κ1) is 20.1. The van der Waals surface area contributed by atoms with Gasteiger partial charge in [-0.15, -0.1) is 0 Å². The molecule has 0 radical (unpaired) electrons. The number of benzene rings is 2. The van der Waals surface area contributed by atoms with Crippen molar-refractivity contribution in [2.45, 2.75) is 19.4 Å². The summed E-state index contributed by atoms with van der Waals surface area (Å²) >= 11 is 0. The van der Waals surface area contributed by atoms with Gasteiger partial charge in [0.1, 0.15) is 11.8 Å². The fraction of sp³-hybridized carbons (Fsp3) is 0.240. The summed E-state index contributed by atoms with van der Waals surface area (Å²) in [7, 11) is 0. The Morgan fingerprint density at radius 2 is 1.84 bits per heavy atom. The molecule has 162 valence electrons. The highest BCUT2D eigenvalue weighted by atomic mass is 16.5. The van der Waals surface area contributed by atoms with Gasteiger partial charge in [0.25, 0.3) is 0 Å². The van der Waals surface area contributed by atoms with Crippen molar-refractivity contribution in [3.8, 4) is 0 Å². The Morgan fingerprint density at radius 1 is 1.06 bits per heavy atom. The molecule has 1 amide bonds. The number of carbonyl (C=O) groups excluding carboxylic acids is 2. The molecule has 2 atom stereocenters. The van der Waals surface area contributed by atoms with Gasteiger partial charge in [-0.25, -0.2) is 4.98 Å². The fourth-order valence-electron chi connectivity index (χ4n) is 4.36. The Bertz CT molecular complexity index is 1250. The Labute approximate surface area is 185 Å². The van der Waals surface area contributed by atoms with Crippen molar-refractivity contribution in [3.05, 3.63) is 84.3 Å². The smallest absolute Gasteiger partial charge is 0.321 e. The number of nitrogens with zero attached hydrogens (tertiary/aromatic N) is 3.